The van der Waals surface area contributed by atoms with E-state index in [1.807, 2.05) is 35.7 Å². The summed E-state index contributed by atoms with van der Waals surface area (Å²) in [4.78, 5) is 15.4. The third kappa shape index (κ3) is 3.06. The molecule has 2 N–H and O–H groups in total. The minimum Gasteiger partial charge on any atom is -0.376 e. The molecule has 0 atom stereocenters. The molecule has 2 rings (SSSR count). The zero-order valence-electron chi connectivity index (χ0n) is 8.51. The first-order chi connectivity index (χ1) is 7.84. The standard InChI is InChI=1S/C11H11N3OS/c15-10(14-11-12-6-7-16-11)8-13-9-4-2-1-3-5-9/h1-7,13H,8H2,(H,12,14,15). The molecular weight excluding hydrogens is 222 g/mol. The molecule has 1 amide bonds. The lowest BCUT2D eigenvalue weighted by Crippen LogP contribution is -2.21. The number of para-hydroxylation sites is 1. The number of carbonyl (C=O) groups excluding carboxylic acids is 1. The number of rotatable bonds is 4. The highest BCUT2D eigenvalue weighted by Crippen LogP contribution is 2.10. The van der Waals surface area contributed by atoms with Crippen molar-refractivity contribution < 1.29 is 4.79 Å². The Kier molecular flexibility index (Phi) is 3.50. The molecule has 82 valence electrons. The van der Waals surface area contributed by atoms with Gasteiger partial charge in [0.1, 0.15) is 0 Å². The van der Waals surface area contributed by atoms with E-state index in [0.717, 1.165) is 5.69 Å². The van der Waals surface area contributed by atoms with Crippen LogP contribution in [-0.2, 0) is 4.79 Å². The maximum absolute atomic E-state index is 11.5. The summed E-state index contributed by atoms with van der Waals surface area (Å²) in [6.07, 6.45) is 1.66. The van der Waals surface area contributed by atoms with Crippen LogP contribution in [0.3, 0.4) is 0 Å². The number of amides is 1. The van der Waals surface area contributed by atoms with Crippen LogP contribution in [0, 0.1) is 0 Å². The van der Waals surface area contributed by atoms with Gasteiger partial charge in [0, 0.05) is 17.3 Å². The minimum atomic E-state index is -0.0983. The maximum Gasteiger partial charge on any atom is 0.245 e. The SMILES string of the molecule is O=C(CNc1ccccc1)Nc1nccs1. The van der Waals surface area contributed by atoms with E-state index in [1.54, 1.807) is 6.20 Å². The van der Waals surface area contributed by atoms with Crippen molar-refractivity contribution in [1.29, 1.82) is 0 Å². The fourth-order valence-electron chi connectivity index (χ4n) is 1.19. The van der Waals surface area contributed by atoms with Gasteiger partial charge in [-0.1, -0.05) is 18.2 Å². The summed E-state index contributed by atoms with van der Waals surface area (Å²) in [7, 11) is 0. The maximum atomic E-state index is 11.5. The lowest BCUT2D eigenvalue weighted by Gasteiger charge is -2.05. The van der Waals surface area contributed by atoms with Gasteiger partial charge in [-0.25, -0.2) is 4.98 Å². The Hall–Kier alpha value is -1.88. The molecule has 1 heterocycles. The molecule has 0 unspecified atom stereocenters. The first-order valence-corrected chi connectivity index (χ1v) is 5.71. The summed E-state index contributed by atoms with van der Waals surface area (Å²) in [5.41, 5.74) is 0.928. The van der Waals surface area contributed by atoms with Crippen molar-refractivity contribution in [3.05, 3.63) is 41.9 Å². The van der Waals surface area contributed by atoms with Gasteiger partial charge in [0.25, 0.3) is 0 Å². The zero-order chi connectivity index (χ0) is 11.2. The second-order valence-corrected chi connectivity index (χ2v) is 4.00. The largest absolute Gasteiger partial charge is 0.376 e. The van der Waals surface area contributed by atoms with Gasteiger partial charge in [0.05, 0.1) is 6.54 Å². The second kappa shape index (κ2) is 5.27. The summed E-state index contributed by atoms with van der Waals surface area (Å²) in [6, 6.07) is 9.59. The van der Waals surface area contributed by atoms with E-state index in [1.165, 1.54) is 11.3 Å². The van der Waals surface area contributed by atoms with Crippen LogP contribution in [0.5, 0.6) is 0 Å². The molecule has 0 aliphatic heterocycles. The first kappa shape index (κ1) is 10.6. The Balaban J connectivity index is 1.80. The fraction of sp³-hybridized carbons (Fsp3) is 0.0909. The quantitative estimate of drug-likeness (QED) is 0.851. The van der Waals surface area contributed by atoms with E-state index in [9.17, 15) is 4.79 Å². The second-order valence-electron chi connectivity index (χ2n) is 3.11. The summed E-state index contributed by atoms with van der Waals surface area (Å²) in [6.45, 7) is 0.240. The van der Waals surface area contributed by atoms with E-state index in [-0.39, 0.29) is 12.5 Å². The summed E-state index contributed by atoms with van der Waals surface area (Å²) >= 11 is 1.40. The van der Waals surface area contributed by atoms with Crippen LogP contribution in [0.1, 0.15) is 0 Å². The molecule has 0 bridgehead atoms. The first-order valence-electron chi connectivity index (χ1n) is 4.83. The van der Waals surface area contributed by atoms with Crippen LogP contribution in [-0.4, -0.2) is 17.4 Å². The van der Waals surface area contributed by atoms with Crippen LogP contribution >= 0.6 is 11.3 Å². The topological polar surface area (TPSA) is 54.0 Å². The van der Waals surface area contributed by atoms with Crippen LogP contribution in [0.25, 0.3) is 0 Å². The molecule has 0 spiro atoms. The van der Waals surface area contributed by atoms with Gasteiger partial charge in [-0.15, -0.1) is 11.3 Å². The molecule has 0 aliphatic carbocycles. The molecule has 4 nitrogen and oxygen atoms in total. The van der Waals surface area contributed by atoms with E-state index in [0.29, 0.717) is 5.13 Å². The molecule has 0 radical (unpaired) electrons. The van der Waals surface area contributed by atoms with Crippen molar-refractivity contribution in [2.45, 2.75) is 0 Å². The lowest BCUT2D eigenvalue weighted by molar-refractivity contribution is -0.114. The van der Waals surface area contributed by atoms with Crippen LogP contribution < -0.4 is 10.6 Å². The van der Waals surface area contributed by atoms with Gasteiger partial charge >= 0.3 is 0 Å². The Morgan fingerprint density at radius 1 is 1.31 bits per heavy atom. The average molecular weight is 233 g/mol. The molecule has 0 fully saturated rings. The van der Waals surface area contributed by atoms with Gasteiger partial charge in [0.15, 0.2) is 5.13 Å². The number of thiazole rings is 1. The Labute approximate surface area is 97.3 Å². The number of hydrogen-bond donors (Lipinski definition) is 2. The predicted octanol–water partition coefficient (Wildman–Crippen LogP) is 2.19. The Morgan fingerprint density at radius 3 is 2.81 bits per heavy atom. The Bertz CT molecular complexity index is 442. The van der Waals surface area contributed by atoms with Crippen molar-refractivity contribution in [2.24, 2.45) is 0 Å². The van der Waals surface area contributed by atoms with E-state index < -0.39 is 0 Å². The lowest BCUT2D eigenvalue weighted by atomic mass is 10.3. The van der Waals surface area contributed by atoms with Gasteiger partial charge in [-0.2, -0.15) is 0 Å². The van der Waals surface area contributed by atoms with Gasteiger partial charge in [-0.05, 0) is 12.1 Å². The highest BCUT2D eigenvalue weighted by Gasteiger charge is 2.02. The van der Waals surface area contributed by atoms with Gasteiger partial charge < -0.3 is 10.6 Å². The van der Waals surface area contributed by atoms with Crippen molar-refractivity contribution in [3.8, 4) is 0 Å². The fourth-order valence-corrected chi connectivity index (χ4v) is 1.73. The van der Waals surface area contributed by atoms with Crippen molar-refractivity contribution in [1.82, 2.24) is 4.98 Å². The average Bonchev–Trinajstić information content (AvgIpc) is 2.81. The monoisotopic (exact) mass is 233 g/mol. The number of benzene rings is 1. The highest BCUT2D eigenvalue weighted by atomic mass is 32.1. The third-order valence-corrected chi connectivity index (χ3v) is 2.59. The Morgan fingerprint density at radius 2 is 2.12 bits per heavy atom. The molecule has 0 aliphatic rings. The molecule has 5 heteroatoms. The summed E-state index contributed by atoms with van der Waals surface area (Å²) in [5, 5.41) is 8.16. The number of hydrogen-bond acceptors (Lipinski definition) is 4. The predicted molar refractivity (Wildman–Crippen MR) is 65.7 cm³/mol. The normalized spacial score (nSPS) is 9.75. The minimum absolute atomic E-state index is 0.0983. The molecule has 1 aromatic carbocycles. The van der Waals surface area contributed by atoms with E-state index >= 15 is 0 Å². The zero-order valence-corrected chi connectivity index (χ0v) is 9.33. The van der Waals surface area contributed by atoms with Crippen molar-refractivity contribution >= 4 is 28.1 Å². The van der Waals surface area contributed by atoms with Crippen molar-refractivity contribution in [2.75, 3.05) is 17.2 Å². The van der Waals surface area contributed by atoms with Crippen LogP contribution in [0.15, 0.2) is 41.9 Å². The molecule has 1 aromatic heterocycles. The van der Waals surface area contributed by atoms with Gasteiger partial charge in [0.2, 0.25) is 5.91 Å². The summed E-state index contributed by atoms with van der Waals surface area (Å²) in [5.74, 6) is -0.0983. The molecule has 2 aromatic rings. The number of carbonyl (C=O) groups is 1. The number of anilines is 2. The third-order valence-electron chi connectivity index (χ3n) is 1.91. The van der Waals surface area contributed by atoms with E-state index in [4.69, 9.17) is 0 Å². The van der Waals surface area contributed by atoms with Gasteiger partial charge in [-0.3, -0.25) is 4.79 Å². The number of aromatic nitrogens is 1. The van der Waals surface area contributed by atoms with Crippen molar-refractivity contribution in [3.63, 3.8) is 0 Å². The van der Waals surface area contributed by atoms with E-state index in [2.05, 4.69) is 15.6 Å². The molecule has 16 heavy (non-hydrogen) atoms. The smallest absolute Gasteiger partial charge is 0.245 e. The number of nitrogens with zero attached hydrogens (tertiary/aromatic N) is 1. The molecule has 0 saturated heterocycles. The van der Waals surface area contributed by atoms with Crippen LogP contribution in [0.4, 0.5) is 10.8 Å². The molecular formula is C11H11N3OS. The number of nitrogens with one attached hydrogen (secondary N) is 2. The highest BCUT2D eigenvalue weighted by molar-refractivity contribution is 7.13. The molecule has 0 saturated carbocycles. The van der Waals surface area contributed by atoms with Crippen LogP contribution in [0.2, 0.25) is 0 Å². The summed E-state index contributed by atoms with van der Waals surface area (Å²) < 4.78 is 0.